The Bertz CT molecular complexity index is 1540. The van der Waals surface area contributed by atoms with Crippen LogP contribution in [0.5, 0.6) is 11.5 Å². The number of anilines is 1. The summed E-state index contributed by atoms with van der Waals surface area (Å²) in [4.78, 5) is 26.7. The molecule has 2 amide bonds. The smallest absolute Gasteiger partial charge is 0.495 e. The maximum absolute atomic E-state index is 13.5. The van der Waals surface area contributed by atoms with E-state index in [1.54, 1.807) is 6.07 Å². The molecule has 3 fully saturated rings. The van der Waals surface area contributed by atoms with Crippen molar-refractivity contribution in [3.63, 3.8) is 0 Å². The molecular formula is C31H32F3N3O7. The average Bonchev–Trinajstić information content (AvgIpc) is 3.67. The number of aromatic nitrogens is 1. The molecule has 3 unspecified atom stereocenters. The van der Waals surface area contributed by atoms with Crippen molar-refractivity contribution < 1.29 is 46.6 Å². The quantitative estimate of drug-likeness (QED) is 0.255. The number of carboxylic acid groups (broad SMARTS) is 1. The van der Waals surface area contributed by atoms with Crippen LogP contribution >= 0.6 is 0 Å². The van der Waals surface area contributed by atoms with Crippen LogP contribution in [0.3, 0.4) is 0 Å². The second-order valence-electron chi connectivity index (χ2n) is 11.4. The van der Waals surface area contributed by atoms with Gasteiger partial charge in [-0.2, -0.15) is 0 Å². The summed E-state index contributed by atoms with van der Waals surface area (Å²) in [5, 5.41) is 16.3. The van der Waals surface area contributed by atoms with E-state index in [9.17, 15) is 27.9 Å². The number of alkyl halides is 3. The lowest BCUT2D eigenvalue weighted by molar-refractivity contribution is -0.274. The van der Waals surface area contributed by atoms with Gasteiger partial charge in [0.1, 0.15) is 23.0 Å². The number of carboxylic acids is 1. The first-order valence-electron chi connectivity index (χ1n) is 14.5. The summed E-state index contributed by atoms with van der Waals surface area (Å²) in [6.45, 7) is 0.435. The van der Waals surface area contributed by atoms with E-state index in [-0.39, 0.29) is 64.9 Å². The lowest BCUT2D eigenvalue weighted by Gasteiger charge is -2.40. The minimum absolute atomic E-state index is 0.0457. The zero-order valence-corrected chi connectivity index (χ0v) is 23.9. The maximum atomic E-state index is 13.5. The molecule has 1 saturated carbocycles. The molecule has 3 aromatic rings. The van der Waals surface area contributed by atoms with Crippen LogP contribution in [0.1, 0.15) is 66.1 Å². The molecule has 3 atom stereocenters. The number of carbonyl (C=O) groups excluding carboxylic acids is 1. The number of urea groups is 1. The Kier molecular flexibility index (Phi) is 8.14. The van der Waals surface area contributed by atoms with Crippen LogP contribution in [0.15, 0.2) is 47.0 Å². The number of carbonyl (C=O) groups is 2. The molecule has 3 heterocycles. The van der Waals surface area contributed by atoms with Crippen LogP contribution in [0.2, 0.25) is 0 Å². The summed E-state index contributed by atoms with van der Waals surface area (Å²) in [5.74, 6) is -0.395. The summed E-state index contributed by atoms with van der Waals surface area (Å²) in [6, 6.07) is 9.84. The minimum Gasteiger partial charge on any atom is -0.495 e. The van der Waals surface area contributed by atoms with E-state index in [0.717, 1.165) is 38.5 Å². The highest BCUT2D eigenvalue weighted by atomic mass is 19.4. The normalized spacial score (nSPS) is 21.3. The number of ether oxygens (including phenoxy) is 3. The summed E-state index contributed by atoms with van der Waals surface area (Å²) >= 11 is 0. The maximum Gasteiger partial charge on any atom is 0.573 e. The number of amides is 2. The molecule has 2 aliphatic heterocycles. The summed E-state index contributed by atoms with van der Waals surface area (Å²) in [5.41, 5.74) is 1.47. The van der Waals surface area contributed by atoms with Gasteiger partial charge in [0, 0.05) is 35.0 Å². The number of halogens is 3. The van der Waals surface area contributed by atoms with E-state index in [1.807, 2.05) is 4.90 Å². The van der Waals surface area contributed by atoms with Gasteiger partial charge in [-0.3, -0.25) is 0 Å². The molecular weight excluding hydrogens is 583 g/mol. The molecule has 2 N–H and O–H groups in total. The first kappa shape index (κ1) is 29.8. The number of methoxy groups -OCH3 is 1. The molecule has 44 heavy (non-hydrogen) atoms. The zero-order valence-electron chi connectivity index (χ0n) is 23.9. The molecule has 6 rings (SSSR count). The number of para-hydroxylation sites is 1. The number of piperidine rings is 1. The Balaban J connectivity index is 1.15. The third kappa shape index (κ3) is 6.19. The van der Waals surface area contributed by atoms with Crippen molar-refractivity contribution in [3.8, 4) is 22.8 Å². The van der Waals surface area contributed by atoms with Crippen molar-refractivity contribution in [1.29, 1.82) is 0 Å². The molecule has 234 valence electrons. The Morgan fingerprint density at radius 2 is 1.84 bits per heavy atom. The number of rotatable bonds is 10. The standard InChI is InChI=1S/C31H32F3N3O7/c1-41-26-14-18(29(38)39)9-12-23(26)35-30(40)37-20-10-8-19(24(37)13-11-20)15-42-16-22-27(36-44-28(22)17-6-7-17)21-4-2-3-5-25(21)43-31(32,33)34/h2-5,9,12,14,17,19-20,24H,6-8,10-11,13,15-16H2,1H3,(H,35,40)(H,38,39). The number of hydrogen-bond acceptors (Lipinski definition) is 7. The van der Waals surface area contributed by atoms with Crippen LogP contribution in [0.4, 0.5) is 23.7 Å². The second kappa shape index (κ2) is 12.0. The van der Waals surface area contributed by atoms with Crippen LogP contribution in [-0.4, -0.2) is 59.3 Å². The van der Waals surface area contributed by atoms with Gasteiger partial charge in [-0.25, -0.2) is 9.59 Å². The first-order chi connectivity index (χ1) is 21.1. The largest absolute Gasteiger partial charge is 0.573 e. The van der Waals surface area contributed by atoms with Gasteiger partial charge in [-0.05, 0) is 68.9 Å². The van der Waals surface area contributed by atoms with Crippen LogP contribution in [-0.2, 0) is 11.3 Å². The van der Waals surface area contributed by atoms with Gasteiger partial charge >= 0.3 is 18.4 Å². The molecule has 0 radical (unpaired) electrons. The van der Waals surface area contributed by atoms with Gasteiger partial charge in [-0.1, -0.05) is 17.3 Å². The highest BCUT2D eigenvalue weighted by molar-refractivity contribution is 5.94. The third-order valence-corrected chi connectivity index (χ3v) is 8.60. The van der Waals surface area contributed by atoms with Gasteiger partial charge in [0.15, 0.2) is 0 Å². The van der Waals surface area contributed by atoms with Gasteiger partial charge in [-0.15, -0.1) is 13.2 Å². The molecule has 10 nitrogen and oxygen atoms in total. The van der Waals surface area contributed by atoms with Crippen LogP contribution < -0.4 is 14.8 Å². The Morgan fingerprint density at radius 1 is 1.07 bits per heavy atom. The number of nitrogens with one attached hydrogen (secondary N) is 1. The fourth-order valence-electron chi connectivity index (χ4n) is 6.40. The molecule has 1 aliphatic carbocycles. The fourth-order valence-corrected chi connectivity index (χ4v) is 6.40. The van der Waals surface area contributed by atoms with E-state index >= 15 is 0 Å². The van der Waals surface area contributed by atoms with E-state index in [2.05, 4.69) is 15.2 Å². The second-order valence-corrected chi connectivity index (χ2v) is 11.4. The number of hydrogen-bond donors (Lipinski definition) is 2. The SMILES string of the molecule is COc1cc(C(=O)O)ccc1NC(=O)N1C2CCC(COCc3c(-c4ccccc4OC(F)(F)F)noc3C3CC3)C1CC2. The molecule has 2 aromatic carbocycles. The first-order valence-corrected chi connectivity index (χ1v) is 14.5. The molecule has 1 aromatic heterocycles. The van der Waals surface area contributed by atoms with Crippen molar-refractivity contribution in [2.24, 2.45) is 5.92 Å². The lowest BCUT2D eigenvalue weighted by Crippen LogP contribution is -2.51. The monoisotopic (exact) mass is 615 g/mol. The molecule has 2 bridgehead atoms. The topological polar surface area (TPSA) is 123 Å². The molecule has 13 heteroatoms. The van der Waals surface area contributed by atoms with E-state index < -0.39 is 12.3 Å². The van der Waals surface area contributed by atoms with Crippen LogP contribution in [0.25, 0.3) is 11.3 Å². The molecule has 0 spiro atoms. The fraction of sp³-hybridized carbons (Fsp3) is 0.452. The lowest BCUT2D eigenvalue weighted by atomic mass is 9.91. The Labute approximate surface area is 251 Å². The minimum atomic E-state index is -4.86. The summed E-state index contributed by atoms with van der Waals surface area (Å²) < 4.78 is 60.7. The van der Waals surface area contributed by atoms with Gasteiger partial charge in [0.05, 0.1) is 31.6 Å². The predicted molar refractivity (Wildman–Crippen MR) is 151 cm³/mol. The number of fused-ring (bicyclic) bond motifs is 2. The molecule has 3 aliphatic rings. The van der Waals surface area contributed by atoms with E-state index in [0.29, 0.717) is 23.6 Å². The van der Waals surface area contributed by atoms with E-state index in [4.69, 9.17) is 14.0 Å². The zero-order chi connectivity index (χ0) is 31.0. The number of nitrogens with zero attached hydrogens (tertiary/aromatic N) is 2. The van der Waals surface area contributed by atoms with E-state index in [1.165, 1.54) is 43.5 Å². The number of aromatic carboxylic acids is 1. The van der Waals surface area contributed by atoms with Gasteiger partial charge in [0.2, 0.25) is 0 Å². The van der Waals surface area contributed by atoms with Crippen LogP contribution in [0, 0.1) is 5.92 Å². The number of benzene rings is 2. The highest BCUT2D eigenvalue weighted by Gasteiger charge is 2.45. The van der Waals surface area contributed by atoms with Crippen molar-refractivity contribution >= 4 is 17.7 Å². The third-order valence-electron chi connectivity index (χ3n) is 8.60. The van der Waals surface area contributed by atoms with Gasteiger partial charge < -0.3 is 34.1 Å². The summed E-state index contributed by atoms with van der Waals surface area (Å²) in [6.07, 6.45) is 0.299. The Hall–Kier alpha value is -4.26. The van der Waals surface area contributed by atoms with Crippen molar-refractivity contribution in [3.05, 3.63) is 59.4 Å². The van der Waals surface area contributed by atoms with Crippen molar-refractivity contribution in [1.82, 2.24) is 10.1 Å². The summed E-state index contributed by atoms with van der Waals surface area (Å²) in [7, 11) is 1.41. The van der Waals surface area contributed by atoms with Crippen molar-refractivity contribution in [2.75, 3.05) is 19.0 Å². The predicted octanol–water partition coefficient (Wildman–Crippen LogP) is 6.82. The van der Waals surface area contributed by atoms with Gasteiger partial charge in [0.25, 0.3) is 0 Å². The van der Waals surface area contributed by atoms with Crippen molar-refractivity contribution in [2.45, 2.75) is 69.5 Å². The highest BCUT2D eigenvalue weighted by Crippen LogP contribution is 2.46. The Morgan fingerprint density at radius 3 is 2.57 bits per heavy atom. The average molecular weight is 616 g/mol. The molecule has 2 saturated heterocycles.